The first-order valence-electron chi connectivity index (χ1n) is 6.63. The Balaban J connectivity index is 1.84. The lowest BCUT2D eigenvalue weighted by molar-refractivity contribution is 0.0364. The van der Waals surface area contributed by atoms with Crippen molar-refractivity contribution in [3.8, 4) is 6.07 Å². The molecule has 2 N–H and O–H groups in total. The molecule has 0 atom stereocenters. The summed E-state index contributed by atoms with van der Waals surface area (Å²) in [4.78, 5) is 10.5. The zero-order chi connectivity index (χ0) is 13.5. The maximum absolute atomic E-state index is 8.83. The molecule has 6 nitrogen and oxygen atoms in total. The van der Waals surface area contributed by atoms with Crippen LogP contribution in [0.2, 0.25) is 0 Å². The summed E-state index contributed by atoms with van der Waals surface area (Å²) in [5, 5.41) is 8.83. The van der Waals surface area contributed by atoms with Crippen molar-refractivity contribution >= 4 is 5.95 Å². The van der Waals surface area contributed by atoms with Gasteiger partial charge in [-0.3, -0.25) is 0 Å². The molecule has 0 radical (unpaired) electrons. The zero-order valence-corrected chi connectivity index (χ0v) is 11.0. The largest absolute Gasteiger partial charge is 0.378 e. The van der Waals surface area contributed by atoms with Gasteiger partial charge >= 0.3 is 0 Å². The zero-order valence-electron chi connectivity index (χ0n) is 11.0. The second kappa shape index (κ2) is 7.02. The lowest BCUT2D eigenvalue weighted by Crippen LogP contribution is -2.38. The van der Waals surface area contributed by atoms with E-state index in [1.54, 1.807) is 12.3 Å². The third-order valence-electron chi connectivity index (χ3n) is 3.18. The number of aromatic nitrogens is 2. The molecular weight excluding hydrogens is 242 g/mol. The fourth-order valence-electron chi connectivity index (χ4n) is 2.12. The van der Waals surface area contributed by atoms with Crippen LogP contribution in [0, 0.1) is 11.3 Å². The van der Waals surface area contributed by atoms with E-state index in [9.17, 15) is 0 Å². The van der Waals surface area contributed by atoms with Crippen LogP contribution < -0.4 is 10.6 Å². The van der Waals surface area contributed by atoms with Crippen molar-refractivity contribution < 1.29 is 4.74 Å². The minimum atomic E-state index is 0.307. The molecule has 0 aromatic carbocycles. The predicted octanol–water partition coefficient (Wildman–Crippen LogP) is 0.682. The van der Waals surface area contributed by atoms with Gasteiger partial charge in [0.2, 0.25) is 5.95 Å². The van der Waals surface area contributed by atoms with Crippen molar-refractivity contribution in [2.45, 2.75) is 25.4 Å². The molecule has 6 heteroatoms. The van der Waals surface area contributed by atoms with Crippen LogP contribution >= 0.6 is 0 Å². The summed E-state index contributed by atoms with van der Waals surface area (Å²) in [6, 6.07) is 3.65. The second-order valence-electron chi connectivity index (χ2n) is 4.55. The van der Waals surface area contributed by atoms with Gasteiger partial charge in [0.05, 0.1) is 6.10 Å². The predicted molar refractivity (Wildman–Crippen MR) is 71.6 cm³/mol. The van der Waals surface area contributed by atoms with Gasteiger partial charge in [0, 0.05) is 25.9 Å². The van der Waals surface area contributed by atoms with Gasteiger partial charge in [0.1, 0.15) is 11.8 Å². The monoisotopic (exact) mass is 261 g/mol. The Morgan fingerprint density at radius 3 is 2.95 bits per heavy atom. The number of ether oxygens (including phenoxy) is 1. The molecule has 1 aliphatic rings. The summed E-state index contributed by atoms with van der Waals surface area (Å²) >= 11 is 0. The molecule has 0 spiro atoms. The molecule has 1 aliphatic heterocycles. The van der Waals surface area contributed by atoms with Crippen LogP contribution in [0.4, 0.5) is 5.95 Å². The van der Waals surface area contributed by atoms with E-state index in [0.29, 0.717) is 24.3 Å². The minimum Gasteiger partial charge on any atom is -0.378 e. The van der Waals surface area contributed by atoms with Crippen LogP contribution in [0.1, 0.15) is 25.0 Å². The fraction of sp³-hybridized carbons (Fsp3) is 0.615. The molecule has 2 heterocycles. The third-order valence-corrected chi connectivity index (χ3v) is 3.18. The Labute approximate surface area is 113 Å². The number of piperidine rings is 1. The molecule has 1 fully saturated rings. The average molecular weight is 261 g/mol. The van der Waals surface area contributed by atoms with Crippen LogP contribution in [-0.4, -0.2) is 42.3 Å². The molecule has 102 valence electrons. The highest BCUT2D eigenvalue weighted by molar-refractivity contribution is 5.34. The minimum absolute atomic E-state index is 0.307. The van der Waals surface area contributed by atoms with E-state index in [1.165, 1.54) is 0 Å². The maximum atomic E-state index is 8.83. The van der Waals surface area contributed by atoms with Crippen molar-refractivity contribution in [3.05, 3.63) is 18.0 Å². The van der Waals surface area contributed by atoms with Gasteiger partial charge in [-0.25, -0.2) is 9.97 Å². The summed E-state index contributed by atoms with van der Waals surface area (Å²) in [6.45, 7) is 3.14. The van der Waals surface area contributed by atoms with Crippen LogP contribution in [-0.2, 0) is 4.74 Å². The van der Waals surface area contributed by atoms with E-state index < -0.39 is 0 Å². The molecule has 19 heavy (non-hydrogen) atoms. The number of anilines is 1. The Kier molecular flexibility index (Phi) is 5.07. The first kappa shape index (κ1) is 13.7. The van der Waals surface area contributed by atoms with Gasteiger partial charge in [0.25, 0.3) is 0 Å². The van der Waals surface area contributed by atoms with Crippen LogP contribution in [0.5, 0.6) is 0 Å². The molecule has 2 rings (SSSR count). The number of rotatable bonds is 5. The molecule has 1 aromatic heterocycles. The quantitative estimate of drug-likeness (QED) is 0.784. The van der Waals surface area contributed by atoms with Gasteiger partial charge in [-0.15, -0.1) is 0 Å². The van der Waals surface area contributed by atoms with Crippen LogP contribution in [0.3, 0.4) is 0 Å². The fourth-order valence-corrected chi connectivity index (χ4v) is 2.12. The van der Waals surface area contributed by atoms with Crippen molar-refractivity contribution in [2.24, 2.45) is 5.73 Å². The Bertz CT molecular complexity index is 437. The molecule has 0 bridgehead atoms. The van der Waals surface area contributed by atoms with E-state index in [0.717, 1.165) is 39.0 Å². The summed E-state index contributed by atoms with van der Waals surface area (Å²) in [7, 11) is 0. The molecular formula is C13H19N5O. The van der Waals surface area contributed by atoms with Gasteiger partial charge in [-0.05, 0) is 31.9 Å². The number of hydrogen-bond donors (Lipinski definition) is 1. The van der Waals surface area contributed by atoms with E-state index in [1.807, 2.05) is 6.07 Å². The Morgan fingerprint density at radius 2 is 2.26 bits per heavy atom. The smallest absolute Gasteiger partial charge is 0.226 e. The standard InChI is InChI=1S/C13H19N5O/c14-5-1-9-19-12-3-7-18(8-4-12)13-16-6-2-11(10-15)17-13/h2,6,12H,1,3-5,7-9,14H2. The average Bonchev–Trinajstić information content (AvgIpc) is 2.48. The number of hydrogen-bond acceptors (Lipinski definition) is 6. The third kappa shape index (κ3) is 3.88. The summed E-state index contributed by atoms with van der Waals surface area (Å²) in [5.74, 6) is 0.638. The van der Waals surface area contributed by atoms with Crippen LogP contribution in [0.15, 0.2) is 12.3 Å². The second-order valence-corrected chi connectivity index (χ2v) is 4.55. The first-order chi connectivity index (χ1) is 9.33. The molecule has 0 unspecified atom stereocenters. The highest BCUT2D eigenvalue weighted by Gasteiger charge is 2.21. The maximum Gasteiger partial charge on any atom is 0.226 e. The van der Waals surface area contributed by atoms with Crippen molar-refractivity contribution in [2.75, 3.05) is 31.1 Å². The summed E-state index contributed by atoms with van der Waals surface area (Å²) < 4.78 is 5.75. The van der Waals surface area contributed by atoms with E-state index >= 15 is 0 Å². The summed E-state index contributed by atoms with van der Waals surface area (Å²) in [6.07, 6.45) is 4.77. The highest BCUT2D eigenvalue weighted by Crippen LogP contribution is 2.18. The molecule has 0 aliphatic carbocycles. The highest BCUT2D eigenvalue weighted by atomic mass is 16.5. The molecule has 0 saturated carbocycles. The van der Waals surface area contributed by atoms with Gasteiger partial charge < -0.3 is 15.4 Å². The van der Waals surface area contributed by atoms with Gasteiger partial charge in [-0.2, -0.15) is 5.26 Å². The number of nitrogens with two attached hydrogens (primary N) is 1. The molecule has 0 amide bonds. The van der Waals surface area contributed by atoms with Crippen molar-refractivity contribution in [1.82, 2.24) is 9.97 Å². The van der Waals surface area contributed by atoms with E-state index in [4.69, 9.17) is 15.7 Å². The topological polar surface area (TPSA) is 88.1 Å². The SMILES string of the molecule is N#Cc1ccnc(N2CCC(OCCCN)CC2)n1. The number of nitriles is 1. The lowest BCUT2D eigenvalue weighted by Gasteiger charge is -2.31. The molecule has 1 saturated heterocycles. The van der Waals surface area contributed by atoms with Crippen molar-refractivity contribution in [3.63, 3.8) is 0 Å². The first-order valence-corrected chi connectivity index (χ1v) is 6.63. The lowest BCUT2D eigenvalue weighted by atomic mass is 10.1. The summed E-state index contributed by atoms with van der Waals surface area (Å²) in [5.41, 5.74) is 5.85. The van der Waals surface area contributed by atoms with Gasteiger partial charge in [0.15, 0.2) is 0 Å². The Morgan fingerprint density at radius 1 is 1.47 bits per heavy atom. The van der Waals surface area contributed by atoms with E-state index in [2.05, 4.69) is 14.9 Å². The van der Waals surface area contributed by atoms with Crippen LogP contribution in [0.25, 0.3) is 0 Å². The Hall–Kier alpha value is -1.71. The van der Waals surface area contributed by atoms with Crippen molar-refractivity contribution in [1.29, 1.82) is 5.26 Å². The normalized spacial score (nSPS) is 16.3. The van der Waals surface area contributed by atoms with E-state index in [-0.39, 0.29) is 0 Å². The van der Waals surface area contributed by atoms with Gasteiger partial charge in [-0.1, -0.05) is 0 Å². The number of nitrogens with zero attached hydrogens (tertiary/aromatic N) is 4. The molecule has 1 aromatic rings.